The fourth-order valence-corrected chi connectivity index (χ4v) is 2.13. The van der Waals surface area contributed by atoms with Crippen LogP contribution in [-0.4, -0.2) is 40.6 Å². The summed E-state index contributed by atoms with van der Waals surface area (Å²) in [6.45, 7) is 1.46. The maximum absolute atomic E-state index is 12.1. The fraction of sp³-hybridized carbons (Fsp3) is 0.500. The van der Waals surface area contributed by atoms with Crippen molar-refractivity contribution in [2.75, 3.05) is 25.4 Å². The minimum absolute atomic E-state index is 0.101. The number of carbonyl (C=O) groups excluding carboxylic acids is 1. The smallest absolute Gasteiger partial charge is 0.272 e. The Morgan fingerprint density at radius 3 is 3.12 bits per heavy atom. The minimum atomic E-state index is -0.101. The van der Waals surface area contributed by atoms with Crippen molar-refractivity contribution in [3.05, 3.63) is 23.9 Å². The predicted octanol–water partition coefficient (Wildman–Crippen LogP) is 0.508. The Hall–Kier alpha value is -1.62. The Bertz CT molecular complexity index is 408. The number of hydrogen-bond donors (Lipinski definition) is 2. The van der Waals surface area contributed by atoms with E-state index in [9.17, 15) is 4.79 Å². The highest BCUT2D eigenvalue weighted by Crippen LogP contribution is 2.17. The summed E-state index contributed by atoms with van der Waals surface area (Å²) in [4.78, 5) is 17.9. The molecular weight excluding hydrogens is 218 g/mol. The predicted molar refractivity (Wildman–Crippen MR) is 64.4 cm³/mol. The summed E-state index contributed by atoms with van der Waals surface area (Å²) < 4.78 is 0. The fourth-order valence-electron chi connectivity index (χ4n) is 2.13. The number of nitrogen functional groups attached to an aromatic ring is 1. The largest absolute Gasteiger partial charge is 0.396 e. The lowest BCUT2D eigenvalue weighted by Crippen LogP contribution is -2.41. The molecule has 17 heavy (non-hydrogen) atoms. The quantitative estimate of drug-likeness (QED) is 0.782. The number of carbonyl (C=O) groups is 1. The minimum Gasteiger partial charge on any atom is -0.396 e. The molecule has 0 saturated carbocycles. The number of aromatic nitrogens is 1. The van der Waals surface area contributed by atoms with Gasteiger partial charge in [-0.2, -0.15) is 0 Å². The van der Waals surface area contributed by atoms with Crippen molar-refractivity contribution in [3.8, 4) is 0 Å². The van der Waals surface area contributed by atoms with E-state index >= 15 is 0 Å². The molecule has 1 unspecified atom stereocenters. The zero-order chi connectivity index (χ0) is 12.3. The van der Waals surface area contributed by atoms with Crippen LogP contribution in [0.3, 0.4) is 0 Å². The van der Waals surface area contributed by atoms with E-state index in [-0.39, 0.29) is 18.4 Å². The lowest BCUT2D eigenvalue weighted by molar-refractivity contribution is 0.0615. The van der Waals surface area contributed by atoms with E-state index in [1.165, 1.54) is 0 Å². The highest BCUT2D eigenvalue weighted by atomic mass is 16.3. The van der Waals surface area contributed by atoms with Crippen molar-refractivity contribution in [2.45, 2.75) is 12.8 Å². The van der Waals surface area contributed by atoms with Gasteiger partial charge in [-0.15, -0.1) is 0 Å². The number of anilines is 1. The Balaban J connectivity index is 2.09. The maximum Gasteiger partial charge on any atom is 0.272 e. The zero-order valence-electron chi connectivity index (χ0n) is 9.67. The molecule has 3 N–H and O–H groups in total. The van der Waals surface area contributed by atoms with Gasteiger partial charge in [0.25, 0.3) is 5.91 Å². The van der Waals surface area contributed by atoms with E-state index in [0.717, 1.165) is 19.4 Å². The van der Waals surface area contributed by atoms with Crippen molar-refractivity contribution < 1.29 is 9.90 Å². The number of nitrogens with two attached hydrogens (primary N) is 1. The first-order valence-corrected chi connectivity index (χ1v) is 5.83. The lowest BCUT2D eigenvalue weighted by atomic mass is 9.99. The Morgan fingerprint density at radius 2 is 2.41 bits per heavy atom. The molecule has 1 saturated heterocycles. The van der Waals surface area contributed by atoms with Gasteiger partial charge >= 0.3 is 0 Å². The van der Waals surface area contributed by atoms with E-state index < -0.39 is 0 Å². The summed E-state index contributed by atoms with van der Waals surface area (Å²) in [6.07, 6.45) is 1.91. The molecule has 5 nitrogen and oxygen atoms in total. The topological polar surface area (TPSA) is 79.5 Å². The number of rotatable bonds is 2. The third-order valence-corrected chi connectivity index (χ3v) is 3.05. The molecule has 1 aliphatic heterocycles. The molecule has 1 fully saturated rings. The van der Waals surface area contributed by atoms with Gasteiger partial charge in [-0.1, -0.05) is 6.07 Å². The van der Waals surface area contributed by atoms with Gasteiger partial charge in [0.2, 0.25) is 0 Å². The third kappa shape index (κ3) is 2.74. The number of hydrogen-bond acceptors (Lipinski definition) is 4. The molecule has 1 amide bonds. The molecule has 1 aromatic rings. The first-order chi connectivity index (χ1) is 8.20. The lowest BCUT2D eigenvalue weighted by Gasteiger charge is -2.31. The number of aliphatic hydroxyl groups excluding tert-OH is 1. The summed E-state index contributed by atoms with van der Waals surface area (Å²) in [5.74, 6) is 0.441. The molecule has 92 valence electrons. The van der Waals surface area contributed by atoms with E-state index in [1.54, 1.807) is 23.1 Å². The highest BCUT2D eigenvalue weighted by Gasteiger charge is 2.24. The van der Waals surface area contributed by atoms with Gasteiger partial charge in [-0.05, 0) is 30.9 Å². The van der Waals surface area contributed by atoms with Crippen LogP contribution >= 0.6 is 0 Å². The summed E-state index contributed by atoms with van der Waals surface area (Å²) in [5.41, 5.74) is 5.94. The molecule has 0 aromatic carbocycles. The molecule has 2 heterocycles. The van der Waals surface area contributed by atoms with Crippen LogP contribution < -0.4 is 5.73 Å². The number of aliphatic hydroxyl groups is 1. The highest BCUT2D eigenvalue weighted by molar-refractivity contribution is 5.92. The number of nitrogens with zero attached hydrogens (tertiary/aromatic N) is 2. The molecule has 1 atom stereocenters. The van der Waals surface area contributed by atoms with Crippen molar-refractivity contribution in [2.24, 2.45) is 5.92 Å². The normalized spacial score (nSPS) is 20.3. The van der Waals surface area contributed by atoms with Crippen molar-refractivity contribution in [1.29, 1.82) is 0 Å². The molecular formula is C12H17N3O2. The van der Waals surface area contributed by atoms with Gasteiger partial charge in [0.1, 0.15) is 11.5 Å². The SMILES string of the molecule is Nc1cccc(C(=O)N2CCCC(CO)C2)n1. The van der Waals surface area contributed by atoms with Gasteiger partial charge < -0.3 is 15.7 Å². The molecule has 2 rings (SSSR count). The van der Waals surface area contributed by atoms with Crippen LogP contribution in [0.4, 0.5) is 5.82 Å². The monoisotopic (exact) mass is 235 g/mol. The standard InChI is InChI=1S/C12H17N3O2/c13-11-5-1-4-10(14-11)12(17)15-6-2-3-9(7-15)8-16/h1,4-5,9,16H,2-3,6-8H2,(H2,13,14). The average molecular weight is 235 g/mol. The number of pyridine rings is 1. The third-order valence-electron chi connectivity index (χ3n) is 3.05. The molecule has 1 aliphatic rings. The molecule has 1 aromatic heterocycles. The number of amides is 1. The summed E-state index contributed by atoms with van der Waals surface area (Å²) >= 11 is 0. The van der Waals surface area contributed by atoms with Crippen molar-refractivity contribution in [1.82, 2.24) is 9.88 Å². The van der Waals surface area contributed by atoms with Gasteiger partial charge in [-0.25, -0.2) is 4.98 Å². The van der Waals surface area contributed by atoms with Gasteiger partial charge in [0, 0.05) is 19.7 Å². The van der Waals surface area contributed by atoms with E-state index in [4.69, 9.17) is 10.8 Å². The summed E-state index contributed by atoms with van der Waals surface area (Å²) in [6, 6.07) is 5.05. The van der Waals surface area contributed by atoms with Gasteiger partial charge in [0.05, 0.1) is 0 Å². The van der Waals surface area contributed by atoms with E-state index in [2.05, 4.69) is 4.98 Å². The average Bonchev–Trinajstić information content (AvgIpc) is 2.38. The van der Waals surface area contributed by atoms with Crippen molar-refractivity contribution >= 4 is 11.7 Å². The van der Waals surface area contributed by atoms with Crippen LogP contribution in [0.25, 0.3) is 0 Å². The van der Waals surface area contributed by atoms with E-state index in [1.807, 2.05) is 0 Å². The van der Waals surface area contributed by atoms with Crippen LogP contribution in [-0.2, 0) is 0 Å². The van der Waals surface area contributed by atoms with Gasteiger partial charge in [0.15, 0.2) is 0 Å². The molecule has 0 radical (unpaired) electrons. The molecule has 0 bridgehead atoms. The van der Waals surface area contributed by atoms with Crippen LogP contribution in [0.1, 0.15) is 23.3 Å². The summed E-state index contributed by atoms with van der Waals surface area (Å²) in [7, 11) is 0. The second-order valence-electron chi connectivity index (χ2n) is 4.39. The van der Waals surface area contributed by atoms with Crippen LogP contribution in [0, 0.1) is 5.92 Å². The van der Waals surface area contributed by atoms with Crippen molar-refractivity contribution in [3.63, 3.8) is 0 Å². The molecule has 0 aliphatic carbocycles. The second kappa shape index (κ2) is 5.14. The summed E-state index contributed by atoms with van der Waals surface area (Å²) in [5, 5.41) is 9.13. The molecule has 0 spiro atoms. The number of likely N-dealkylation sites (tertiary alicyclic amines) is 1. The Labute approximate surface area is 100 Å². The Morgan fingerprint density at radius 1 is 1.59 bits per heavy atom. The number of piperidine rings is 1. The first kappa shape index (κ1) is 11.9. The van der Waals surface area contributed by atoms with Gasteiger partial charge in [-0.3, -0.25) is 4.79 Å². The second-order valence-corrected chi connectivity index (χ2v) is 4.39. The Kier molecular flexibility index (Phi) is 3.58. The maximum atomic E-state index is 12.1. The van der Waals surface area contributed by atoms with Crippen LogP contribution in [0.5, 0.6) is 0 Å². The van der Waals surface area contributed by atoms with Crippen LogP contribution in [0.15, 0.2) is 18.2 Å². The molecule has 5 heteroatoms. The first-order valence-electron chi connectivity index (χ1n) is 5.83. The van der Waals surface area contributed by atoms with E-state index in [0.29, 0.717) is 18.1 Å². The zero-order valence-corrected chi connectivity index (χ0v) is 9.67. The van der Waals surface area contributed by atoms with Crippen LogP contribution in [0.2, 0.25) is 0 Å².